The van der Waals surface area contributed by atoms with Gasteiger partial charge in [0.1, 0.15) is 17.4 Å². The second kappa shape index (κ2) is 13.0. The summed E-state index contributed by atoms with van der Waals surface area (Å²) in [6, 6.07) is 12.2. The number of fused-ring (bicyclic) bond motifs is 1. The molecule has 0 bridgehead atoms. The third-order valence-electron chi connectivity index (χ3n) is 6.13. The summed E-state index contributed by atoms with van der Waals surface area (Å²) in [6.45, 7) is 0.931. The van der Waals surface area contributed by atoms with Gasteiger partial charge < -0.3 is 15.0 Å². The van der Waals surface area contributed by atoms with Gasteiger partial charge >= 0.3 is 24.3 Å². The average molecular weight is 613 g/mol. The smallest absolute Gasteiger partial charge is 0.493 e. The molecule has 0 fully saturated rings. The number of pyridine rings is 1. The van der Waals surface area contributed by atoms with Gasteiger partial charge in [-0.25, -0.2) is 28.7 Å². The maximum atomic E-state index is 14.4. The Morgan fingerprint density at radius 1 is 0.977 bits per heavy atom. The summed E-state index contributed by atoms with van der Waals surface area (Å²) in [5.41, 5.74) is -0.911. The largest absolute Gasteiger partial charge is 0.495 e. The van der Waals surface area contributed by atoms with Gasteiger partial charge in [0.05, 0.1) is 18.6 Å². The number of nitrogens with one attached hydrogen (secondary N) is 2. The lowest BCUT2D eigenvalue weighted by Gasteiger charge is -2.18. The van der Waals surface area contributed by atoms with E-state index in [-0.39, 0.29) is 11.1 Å². The number of hydrogen-bond donors (Lipinski definition) is 2. The number of anilines is 1. The first-order valence-electron chi connectivity index (χ1n) is 12.6. The van der Waals surface area contributed by atoms with Gasteiger partial charge in [-0.05, 0) is 53.9 Å². The summed E-state index contributed by atoms with van der Waals surface area (Å²) in [7, 11) is 0. The zero-order chi connectivity index (χ0) is 31.2. The fraction of sp³-hybridized carbons (Fsp3) is 0.250. The van der Waals surface area contributed by atoms with Crippen molar-refractivity contribution in [1.82, 2.24) is 9.97 Å². The van der Waals surface area contributed by atoms with Crippen LogP contribution < -0.4 is 10.1 Å². The highest BCUT2D eigenvalue weighted by Crippen LogP contribution is 2.38. The number of carbonyl (C=O) groups is 2. The zero-order valence-corrected chi connectivity index (χ0v) is 21.9. The molecule has 0 amide bonds. The predicted octanol–water partition coefficient (Wildman–Crippen LogP) is 6.69. The molecule has 0 aliphatic rings. The van der Waals surface area contributed by atoms with Gasteiger partial charge in [-0.3, -0.25) is 0 Å². The first-order chi connectivity index (χ1) is 20.3. The molecule has 2 heterocycles. The Hall–Kier alpha value is -4.82. The molecule has 4 aromatic rings. The van der Waals surface area contributed by atoms with Crippen LogP contribution in [0.15, 0.2) is 67.0 Å². The van der Waals surface area contributed by atoms with Crippen LogP contribution >= 0.6 is 0 Å². The summed E-state index contributed by atoms with van der Waals surface area (Å²) < 4.78 is 96.8. The summed E-state index contributed by atoms with van der Waals surface area (Å²) in [6.07, 6.45) is -7.56. The summed E-state index contributed by atoms with van der Waals surface area (Å²) >= 11 is 0. The van der Waals surface area contributed by atoms with Crippen LogP contribution in [0, 0.1) is 5.82 Å². The molecule has 228 valence electrons. The SMILES string of the molecule is O=C(CC(c1ccc(C(F)(F)F)c(F)c1)c1c[nH]c2cc(OCCCNc3ccccn3)ccc12)OOC(=O)C(F)(F)F. The Labute approximate surface area is 238 Å². The summed E-state index contributed by atoms with van der Waals surface area (Å²) in [5, 5.41) is 3.59. The molecule has 8 nitrogen and oxygen atoms in total. The van der Waals surface area contributed by atoms with Gasteiger partial charge in [-0.2, -0.15) is 26.3 Å². The van der Waals surface area contributed by atoms with E-state index in [4.69, 9.17) is 4.74 Å². The molecule has 0 radical (unpaired) electrons. The number of ether oxygens (including phenoxy) is 1. The number of rotatable bonds is 10. The van der Waals surface area contributed by atoms with E-state index in [0.717, 1.165) is 6.07 Å². The van der Waals surface area contributed by atoms with Gasteiger partial charge in [0.25, 0.3) is 0 Å². The van der Waals surface area contributed by atoms with E-state index in [1.165, 1.54) is 6.20 Å². The lowest BCUT2D eigenvalue weighted by Crippen LogP contribution is -2.27. The third kappa shape index (κ3) is 8.14. The Morgan fingerprint density at radius 2 is 1.77 bits per heavy atom. The van der Waals surface area contributed by atoms with E-state index < -0.39 is 48.0 Å². The van der Waals surface area contributed by atoms with Gasteiger partial charge in [0.15, 0.2) is 0 Å². The molecule has 2 N–H and O–H groups in total. The van der Waals surface area contributed by atoms with Crippen LogP contribution in [-0.2, 0) is 25.5 Å². The molecule has 43 heavy (non-hydrogen) atoms. The van der Waals surface area contributed by atoms with Crippen LogP contribution in [0.2, 0.25) is 0 Å². The second-order valence-corrected chi connectivity index (χ2v) is 9.11. The van der Waals surface area contributed by atoms with E-state index in [0.29, 0.717) is 54.2 Å². The van der Waals surface area contributed by atoms with Crippen molar-refractivity contribution in [2.24, 2.45) is 0 Å². The van der Waals surface area contributed by atoms with Crippen LogP contribution in [0.5, 0.6) is 5.75 Å². The van der Waals surface area contributed by atoms with Crippen LogP contribution in [-0.4, -0.2) is 41.2 Å². The molecule has 0 aliphatic heterocycles. The maximum absolute atomic E-state index is 14.4. The van der Waals surface area contributed by atoms with Crippen molar-refractivity contribution < 1.29 is 54.8 Å². The number of hydrogen-bond acceptors (Lipinski definition) is 7. The number of H-pyrrole nitrogens is 1. The lowest BCUT2D eigenvalue weighted by molar-refractivity contribution is -0.285. The minimum absolute atomic E-state index is 0.119. The molecule has 2 aromatic heterocycles. The number of aromatic amines is 1. The highest BCUT2D eigenvalue weighted by Gasteiger charge is 2.43. The molecule has 15 heteroatoms. The normalized spacial score (nSPS) is 12.5. The minimum atomic E-state index is -5.44. The van der Waals surface area contributed by atoms with Crippen molar-refractivity contribution in [1.29, 1.82) is 0 Å². The molecule has 2 aromatic carbocycles. The van der Waals surface area contributed by atoms with Crippen molar-refractivity contribution in [3.63, 3.8) is 0 Å². The van der Waals surface area contributed by atoms with Crippen LogP contribution in [0.4, 0.5) is 36.6 Å². The van der Waals surface area contributed by atoms with Crippen LogP contribution in [0.3, 0.4) is 0 Å². The van der Waals surface area contributed by atoms with E-state index in [9.17, 15) is 40.3 Å². The first-order valence-corrected chi connectivity index (χ1v) is 12.6. The lowest BCUT2D eigenvalue weighted by atomic mass is 9.87. The van der Waals surface area contributed by atoms with Gasteiger partial charge in [-0.1, -0.05) is 12.1 Å². The second-order valence-electron chi connectivity index (χ2n) is 9.11. The highest BCUT2D eigenvalue weighted by atomic mass is 19.4. The molecule has 0 saturated heterocycles. The quantitative estimate of drug-likeness (QED) is 0.0890. The van der Waals surface area contributed by atoms with Gasteiger partial charge in [0, 0.05) is 41.8 Å². The fourth-order valence-corrected chi connectivity index (χ4v) is 4.17. The van der Waals surface area contributed by atoms with Crippen LogP contribution in [0.25, 0.3) is 10.9 Å². The van der Waals surface area contributed by atoms with Crippen molar-refractivity contribution in [3.8, 4) is 5.75 Å². The Bertz CT molecular complexity index is 1570. The van der Waals surface area contributed by atoms with E-state index in [1.807, 2.05) is 12.1 Å². The predicted molar refractivity (Wildman–Crippen MR) is 137 cm³/mol. The van der Waals surface area contributed by atoms with E-state index in [1.54, 1.807) is 30.5 Å². The highest BCUT2D eigenvalue weighted by molar-refractivity contribution is 5.86. The molecular formula is C28H22F7N3O5. The van der Waals surface area contributed by atoms with E-state index in [2.05, 4.69) is 25.1 Å². The molecule has 0 saturated carbocycles. The van der Waals surface area contributed by atoms with Crippen molar-refractivity contribution in [3.05, 3.63) is 89.5 Å². The number of halogens is 7. The Balaban J connectivity index is 1.52. The maximum Gasteiger partial charge on any atom is 0.495 e. The Kier molecular flexibility index (Phi) is 9.41. The van der Waals surface area contributed by atoms with Crippen LogP contribution in [0.1, 0.15) is 35.4 Å². The van der Waals surface area contributed by atoms with Gasteiger partial charge in [0.2, 0.25) is 0 Å². The Morgan fingerprint density at radius 3 is 2.44 bits per heavy atom. The van der Waals surface area contributed by atoms with E-state index >= 15 is 0 Å². The molecular weight excluding hydrogens is 591 g/mol. The zero-order valence-electron chi connectivity index (χ0n) is 21.9. The third-order valence-corrected chi connectivity index (χ3v) is 6.13. The molecule has 4 rings (SSSR count). The molecule has 1 atom stereocenters. The number of nitrogens with zero attached hydrogens (tertiary/aromatic N) is 1. The number of benzene rings is 2. The first kappa shape index (κ1) is 31.1. The topological polar surface area (TPSA) is 103 Å². The average Bonchev–Trinajstić information content (AvgIpc) is 3.36. The monoisotopic (exact) mass is 613 g/mol. The van der Waals surface area contributed by atoms with Crippen molar-refractivity contribution in [2.75, 3.05) is 18.5 Å². The fourth-order valence-electron chi connectivity index (χ4n) is 4.17. The van der Waals surface area contributed by atoms with Crippen molar-refractivity contribution in [2.45, 2.75) is 31.1 Å². The molecule has 0 spiro atoms. The van der Waals surface area contributed by atoms with Gasteiger partial charge in [-0.15, -0.1) is 0 Å². The molecule has 0 aliphatic carbocycles. The van der Waals surface area contributed by atoms with Crippen molar-refractivity contribution >= 4 is 28.7 Å². The summed E-state index contributed by atoms with van der Waals surface area (Å²) in [4.78, 5) is 37.8. The molecule has 1 unspecified atom stereocenters. The minimum Gasteiger partial charge on any atom is -0.493 e. The standard InChI is InChI=1S/C28H22F7N3O5/c29-22-12-16(5-8-21(22)27(30,31)32)19(14-25(39)42-43-26(40)28(33,34)35)20-15-38-23-13-17(6-7-18(20)23)41-11-3-10-37-24-4-1-2-9-36-24/h1-2,4-9,12-13,15,19,38H,3,10-11,14H2,(H,36,37). The summed E-state index contributed by atoms with van der Waals surface area (Å²) in [5.74, 6) is -5.91. The number of aromatic nitrogens is 2. The number of alkyl halides is 6. The number of carbonyl (C=O) groups excluding carboxylic acids is 2.